The second-order valence-electron chi connectivity index (χ2n) is 3.46. The van der Waals surface area contributed by atoms with Crippen molar-refractivity contribution in [3.05, 3.63) is 12.7 Å². The molecule has 0 aromatic heterocycles. The maximum atomic E-state index is 10.2. The first kappa shape index (κ1) is 18.0. The number of hydrogen-bond donors (Lipinski definition) is 0. The Balaban J connectivity index is 0. The van der Waals surface area contributed by atoms with Gasteiger partial charge in [-0.2, -0.15) is 0 Å². The number of hydrogen-bond acceptors (Lipinski definition) is 3. The van der Waals surface area contributed by atoms with Gasteiger partial charge in [-0.05, 0) is 19.3 Å². The van der Waals surface area contributed by atoms with E-state index in [0.29, 0.717) is 6.42 Å². The van der Waals surface area contributed by atoms with E-state index in [1.165, 1.54) is 0 Å². The fourth-order valence-electron chi connectivity index (χ4n) is 1.27. The summed E-state index contributed by atoms with van der Waals surface area (Å²) in [6, 6.07) is 0. The van der Waals surface area contributed by atoms with Crippen LogP contribution in [0.15, 0.2) is 12.7 Å². The van der Waals surface area contributed by atoms with Gasteiger partial charge in [0.25, 0.3) is 0 Å². The second kappa shape index (κ2) is 11.1. The first-order valence-electron chi connectivity index (χ1n) is 5.11. The zero-order valence-corrected chi connectivity index (χ0v) is 12.4. The molecule has 0 aromatic carbocycles. The standard InChI is InChI=1S/C10H20O3S.Na/c1-2-3-4-5-6-7-8-9-10-14(11,12)13;/h2H,1,3-10H2,(H,11,12,13);/q;+1/p-1. The van der Waals surface area contributed by atoms with Gasteiger partial charge in [-0.25, -0.2) is 8.42 Å². The van der Waals surface area contributed by atoms with Crippen LogP contribution in [0, 0.1) is 0 Å². The van der Waals surface area contributed by atoms with Crippen LogP contribution in [-0.4, -0.2) is 18.7 Å². The summed E-state index contributed by atoms with van der Waals surface area (Å²) >= 11 is 0. The van der Waals surface area contributed by atoms with Crippen molar-refractivity contribution in [3.8, 4) is 0 Å². The zero-order valence-electron chi connectivity index (χ0n) is 9.57. The number of unbranched alkanes of at least 4 members (excludes halogenated alkanes) is 6. The fraction of sp³-hybridized carbons (Fsp3) is 0.800. The topological polar surface area (TPSA) is 57.2 Å². The number of allylic oxidation sites excluding steroid dienone is 1. The van der Waals surface area contributed by atoms with Gasteiger partial charge in [0.2, 0.25) is 0 Å². The van der Waals surface area contributed by atoms with E-state index in [2.05, 4.69) is 6.58 Å². The van der Waals surface area contributed by atoms with Crippen molar-refractivity contribution >= 4 is 10.1 Å². The smallest absolute Gasteiger partial charge is 0.748 e. The minimum Gasteiger partial charge on any atom is -0.748 e. The molecule has 0 heterocycles. The molecule has 0 amide bonds. The maximum absolute atomic E-state index is 10.2. The molecule has 5 heteroatoms. The van der Waals surface area contributed by atoms with Gasteiger partial charge in [-0.3, -0.25) is 0 Å². The van der Waals surface area contributed by atoms with Crippen molar-refractivity contribution in [1.82, 2.24) is 0 Å². The fourth-order valence-corrected chi connectivity index (χ4v) is 1.83. The monoisotopic (exact) mass is 242 g/mol. The van der Waals surface area contributed by atoms with Crippen LogP contribution in [0.2, 0.25) is 0 Å². The summed E-state index contributed by atoms with van der Waals surface area (Å²) in [5, 5.41) is 0. The third-order valence-electron chi connectivity index (χ3n) is 2.05. The van der Waals surface area contributed by atoms with Gasteiger partial charge in [-0.15, -0.1) is 6.58 Å². The maximum Gasteiger partial charge on any atom is 1.00 e. The predicted molar refractivity (Wildman–Crippen MR) is 57.1 cm³/mol. The Morgan fingerprint density at radius 3 is 1.93 bits per heavy atom. The summed E-state index contributed by atoms with van der Waals surface area (Å²) in [4.78, 5) is 0. The molecule has 0 aliphatic heterocycles. The second-order valence-corrected chi connectivity index (χ2v) is 4.98. The first-order chi connectivity index (χ1) is 6.56. The van der Waals surface area contributed by atoms with Gasteiger partial charge < -0.3 is 4.55 Å². The van der Waals surface area contributed by atoms with Crippen LogP contribution in [0.25, 0.3) is 0 Å². The average molecular weight is 242 g/mol. The van der Waals surface area contributed by atoms with E-state index in [9.17, 15) is 13.0 Å². The molecule has 0 fully saturated rings. The van der Waals surface area contributed by atoms with Crippen molar-refractivity contribution < 1.29 is 42.5 Å². The van der Waals surface area contributed by atoms with Crippen LogP contribution in [0.1, 0.15) is 44.9 Å². The van der Waals surface area contributed by atoms with Crippen molar-refractivity contribution in [1.29, 1.82) is 0 Å². The number of rotatable bonds is 9. The molecule has 0 bridgehead atoms. The Morgan fingerprint density at radius 1 is 1.00 bits per heavy atom. The van der Waals surface area contributed by atoms with E-state index < -0.39 is 10.1 Å². The van der Waals surface area contributed by atoms with Crippen LogP contribution < -0.4 is 29.6 Å². The van der Waals surface area contributed by atoms with Crippen LogP contribution in [0.3, 0.4) is 0 Å². The first-order valence-corrected chi connectivity index (χ1v) is 6.68. The Bertz CT molecular complexity index is 237. The third kappa shape index (κ3) is 17.3. The average Bonchev–Trinajstić information content (AvgIpc) is 2.08. The normalized spacial score (nSPS) is 10.7. The summed E-state index contributed by atoms with van der Waals surface area (Å²) < 4.78 is 30.7. The summed E-state index contributed by atoms with van der Waals surface area (Å²) in [5.74, 6) is -0.209. The van der Waals surface area contributed by atoms with Gasteiger partial charge in [0.05, 0.1) is 10.1 Å². The van der Waals surface area contributed by atoms with E-state index >= 15 is 0 Å². The molecule has 84 valence electrons. The molecule has 0 N–H and O–H groups in total. The van der Waals surface area contributed by atoms with Gasteiger partial charge in [0.15, 0.2) is 0 Å². The van der Waals surface area contributed by atoms with Crippen LogP contribution in [-0.2, 0) is 10.1 Å². The molecule has 0 spiro atoms. The molecule has 0 atom stereocenters. The minimum atomic E-state index is -3.99. The van der Waals surface area contributed by atoms with Crippen molar-refractivity contribution in [3.63, 3.8) is 0 Å². The molecule has 3 nitrogen and oxygen atoms in total. The Kier molecular flexibility index (Phi) is 13.4. The molecule has 0 unspecified atom stereocenters. The molecule has 0 aromatic rings. The molecule has 0 radical (unpaired) electrons. The van der Waals surface area contributed by atoms with Gasteiger partial charge >= 0.3 is 29.6 Å². The molecular formula is C10H19NaO3S. The largest absolute Gasteiger partial charge is 1.00 e. The molecular weight excluding hydrogens is 223 g/mol. The van der Waals surface area contributed by atoms with Crippen molar-refractivity contribution in [2.45, 2.75) is 44.9 Å². The van der Waals surface area contributed by atoms with Crippen LogP contribution in [0.5, 0.6) is 0 Å². The molecule has 0 aliphatic carbocycles. The van der Waals surface area contributed by atoms with Gasteiger partial charge in [0, 0.05) is 5.75 Å². The van der Waals surface area contributed by atoms with Crippen molar-refractivity contribution in [2.24, 2.45) is 0 Å². The van der Waals surface area contributed by atoms with Crippen molar-refractivity contribution in [2.75, 3.05) is 5.75 Å². The van der Waals surface area contributed by atoms with Gasteiger partial charge in [-0.1, -0.05) is 31.8 Å². The summed E-state index contributed by atoms with van der Waals surface area (Å²) in [5.41, 5.74) is 0. The molecule has 0 saturated carbocycles. The molecule has 0 aliphatic rings. The summed E-state index contributed by atoms with van der Waals surface area (Å²) in [7, 11) is -3.99. The van der Waals surface area contributed by atoms with Gasteiger partial charge in [0.1, 0.15) is 0 Å². The zero-order chi connectivity index (χ0) is 10.9. The minimum absolute atomic E-state index is 0. The SMILES string of the molecule is C=CCCCCCCCCS(=O)(=O)[O-].[Na+]. The van der Waals surface area contributed by atoms with E-state index in [1.54, 1.807) is 0 Å². The van der Waals surface area contributed by atoms with Crippen LogP contribution in [0.4, 0.5) is 0 Å². The third-order valence-corrected chi connectivity index (χ3v) is 2.84. The van der Waals surface area contributed by atoms with E-state index in [1.807, 2.05) is 6.08 Å². The van der Waals surface area contributed by atoms with E-state index in [0.717, 1.165) is 38.5 Å². The molecule has 15 heavy (non-hydrogen) atoms. The summed E-state index contributed by atoms with van der Waals surface area (Å²) in [6.45, 7) is 3.63. The Morgan fingerprint density at radius 2 is 1.47 bits per heavy atom. The molecule has 0 saturated heterocycles. The Hall–Kier alpha value is 0.650. The Labute approximate surface area is 115 Å². The molecule has 0 rings (SSSR count). The quantitative estimate of drug-likeness (QED) is 0.236. The summed E-state index contributed by atoms with van der Waals surface area (Å²) in [6.07, 6.45) is 8.76. The van der Waals surface area contributed by atoms with E-state index in [-0.39, 0.29) is 35.3 Å². The predicted octanol–water partition coefficient (Wildman–Crippen LogP) is -0.548. The van der Waals surface area contributed by atoms with E-state index in [4.69, 9.17) is 0 Å². The van der Waals surface area contributed by atoms with Crippen LogP contribution >= 0.6 is 0 Å².